The zero-order valence-corrected chi connectivity index (χ0v) is 18.0. The summed E-state index contributed by atoms with van der Waals surface area (Å²) in [5, 5.41) is 7.71. The maximum atomic E-state index is 12.6. The number of hydrogen-bond donors (Lipinski definition) is 3. The number of anilines is 1. The number of H-pyrrole nitrogens is 1. The molecule has 7 heteroatoms. The van der Waals surface area contributed by atoms with Gasteiger partial charge in [0, 0.05) is 62.6 Å². The first-order chi connectivity index (χ1) is 15.2. The van der Waals surface area contributed by atoms with Gasteiger partial charge in [0.05, 0.1) is 6.54 Å². The maximum Gasteiger partial charge on any atom is 0.242 e. The minimum absolute atomic E-state index is 0.104. The molecule has 0 atom stereocenters. The first-order valence-corrected chi connectivity index (χ1v) is 10.8. The van der Waals surface area contributed by atoms with Gasteiger partial charge >= 0.3 is 0 Å². The number of hydrogen-bond acceptors (Lipinski definition) is 3. The number of carbonyl (C=O) groups excluding carboxylic acids is 1. The lowest BCUT2D eigenvalue weighted by Crippen LogP contribution is -2.52. The van der Waals surface area contributed by atoms with Crippen LogP contribution in [-0.4, -0.2) is 68.1 Å². The number of aromatic amines is 1. The molecule has 0 unspecified atom stereocenters. The lowest BCUT2D eigenvalue weighted by molar-refractivity contribution is -0.130. The molecule has 7 nitrogen and oxygen atoms in total. The Bertz CT molecular complexity index is 1020. The molecular formula is C24H30N6O. The van der Waals surface area contributed by atoms with Crippen molar-refractivity contribution in [2.75, 3.05) is 51.2 Å². The summed E-state index contributed by atoms with van der Waals surface area (Å²) in [6, 6.07) is 18.7. The zero-order valence-electron chi connectivity index (χ0n) is 18.0. The lowest BCUT2D eigenvalue weighted by Gasteiger charge is -2.36. The van der Waals surface area contributed by atoms with Crippen LogP contribution < -0.4 is 15.5 Å². The molecule has 162 valence electrons. The van der Waals surface area contributed by atoms with Gasteiger partial charge in [-0.3, -0.25) is 9.79 Å². The molecule has 31 heavy (non-hydrogen) atoms. The Labute approximate surface area is 183 Å². The number of fused-ring (bicyclic) bond motifs is 1. The van der Waals surface area contributed by atoms with Gasteiger partial charge in [-0.25, -0.2) is 0 Å². The quantitative estimate of drug-likeness (QED) is 0.424. The number of para-hydroxylation sites is 2. The molecule has 3 N–H and O–H groups in total. The van der Waals surface area contributed by atoms with Crippen molar-refractivity contribution in [1.82, 2.24) is 20.5 Å². The minimum Gasteiger partial charge on any atom is -0.368 e. The summed E-state index contributed by atoms with van der Waals surface area (Å²) < 4.78 is 0. The molecule has 2 aromatic carbocycles. The van der Waals surface area contributed by atoms with E-state index in [1.807, 2.05) is 29.2 Å². The number of carbonyl (C=O) groups is 1. The Balaban J connectivity index is 1.19. The fourth-order valence-corrected chi connectivity index (χ4v) is 4.00. The molecule has 1 fully saturated rings. The second-order valence-electron chi connectivity index (χ2n) is 7.67. The second-order valence-corrected chi connectivity index (χ2v) is 7.67. The maximum absolute atomic E-state index is 12.6. The predicted octanol–water partition coefficient (Wildman–Crippen LogP) is 2.22. The number of nitrogens with one attached hydrogen (secondary N) is 3. The molecule has 1 aromatic heterocycles. The third-order valence-corrected chi connectivity index (χ3v) is 5.75. The van der Waals surface area contributed by atoms with Crippen molar-refractivity contribution in [3.8, 4) is 0 Å². The molecule has 0 radical (unpaired) electrons. The molecule has 0 saturated carbocycles. The summed E-state index contributed by atoms with van der Waals surface area (Å²) in [6.45, 7) is 4.17. The Kier molecular flexibility index (Phi) is 6.72. The Morgan fingerprint density at radius 3 is 2.52 bits per heavy atom. The van der Waals surface area contributed by atoms with Gasteiger partial charge in [0.15, 0.2) is 5.96 Å². The van der Waals surface area contributed by atoms with E-state index in [1.165, 1.54) is 16.6 Å². The summed E-state index contributed by atoms with van der Waals surface area (Å²) in [5.74, 6) is 0.753. The van der Waals surface area contributed by atoms with Crippen LogP contribution in [0.15, 0.2) is 65.8 Å². The highest BCUT2D eigenvalue weighted by Gasteiger charge is 2.21. The van der Waals surface area contributed by atoms with Gasteiger partial charge in [-0.2, -0.15) is 0 Å². The van der Waals surface area contributed by atoms with Gasteiger partial charge in [0.2, 0.25) is 5.91 Å². The molecule has 1 saturated heterocycles. The Hall–Kier alpha value is -3.48. The normalized spacial score (nSPS) is 14.7. The van der Waals surface area contributed by atoms with Gasteiger partial charge in [0.25, 0.3) is 0 Å². The number of nitrogens with zero attached hydrogens (tertiary/aromatic N) is 3. The van der Waals surface area contributed by atoms with Crippen LogP contribution >= 0.6 is 0 Å². The van der Waals surface area contributed by atoms with Crippen molar-refractivity contribution in [3.05, 3.63) is 66.4 Å². The number of rotatable bonds is 6. The van der Waals surface area contributed by atoms with E-state index in [0.29, 0.717) is 5.96 Å². The van der Waals surface area contributed by atoms with Crippen molar-refractivity contribution in [3.63, 3.8) is 0 Å². The molecule has 4 rings (SSSR count). The molecule has 2 heterocycles. The van der Waals surface area contributed by atoms with Crippen molar-refractivity contribution in [1.29, 1.82) is 0 Å². The van der Waals surface area contributed by atoms with E-state index in [-0.39, 0.29) is 12.5 Å². The molecule has 0 aliphatic carbocycles. The topological polar surface area (TPSA) is 75.8 Å². The van der Waals surface area contributed by atoms with Gasteiger partial charge in [-0.15, -0.1) is 0 Å². The Morgan fingerprint density at radius 1 is 1.00 bits per heavy atom. The van der Waals surface area contributed by atoms with Gasteiger partial charge in [-0.05, 0) is 30.2 Å². The largest absolute Gasteiger partial charge is 0.368 e. The summed E-state index contributed by atoms with van der Waals surface area (Å²) in [4.78, 5) is 24.4. The molecule has 0 bridgehead atoms. The lowest BCUT2D eigenvalue weighted by atomic mass is 10.1. The van der Waals surface area contributed by atoms with Crippen molar-refractivity contribution < 1.29 is 4.79 Å². The molecule has 1 aliphatic rings. The van der Waals surface area contributed by atoms with Crippen LogP contribution in [-0.2, 0) is 11.2 Å². The highest BCUT2D eigenvalue weighted by molar-refractivity contribution is 5.87. The molecule has 1 aliphatic heterocycles. The van der Waals surface area contributed by atoms with Crippen LogP contribution in [0.5, 0.6) is 0 Å². The number of guanidine groups is 1. The van der Waals surface area contributed by atoms with E-state index in [9.17, 15) is 4.79 Å². The smallest absolute Gasteiger partial charge is 0.242 e. The first-order valence-electron chi connectivity index (χ1n) is 10.8. The molecule has 0 spiro atoms. The third kappa shape index (κ3) is 5.17. The minimum atomic E-state index is 0.104. The van der Waals surface area contributed by atoms with Gasteiger partial charge < -0.3 is 25.4 Å². The summed E-state index contributed by atoms with van der Waals surface area (Å²) >= 11 is 0. The summed E-state index contributed by atoms with van der Waals surface area (Å²) in [7, 11) is 1.73. The number of piperazine rings is 1. The van der Waals surface area contributed by atoms with Gasteiger partial charge in [0.1, 0.15) is 0 Å². The summed E-state index contributed by atoms with van der Waals surface area (Å²) in [5.41, 5.74) is 3.64. The molecule has 3 aromatic rings. The number of amides is 1. The van der Waals surface area contributed by atoms with E-state index in [1.54, 1.807) is 7.05 Å². The van der Waals surface area contributed by atoms with Crippen LogP contribution in [0, 0.1) is 0 Å². The van der Waals surface area contributed by atoms with E-state index < -0.39 is 0 Å². The second kappa shape index (κ2) is 10.0. The number of aromatic nitrogens is 1. The highest BCUT2D eigenvalue weighted by atomic mass is 16.2. The fraction of sp³-hybridized carbons (Fsp3) is 0.333. The first kappa shape index (κ1) is 20.8. The van der Waals surface area contributed by atoms with E-state index in [2.05, 4.69) is 62.0 Å². The predicted molar refractivity (Wildman–Crippen MR) is 127 cm³/mol. The SMILES string of the molecule is CN=C(NCCc1c[nH]c2ccccc12)NCC(=O)N1CCN(c2ccccc2)CC1. The number of benzene rings is 2. The molecule has 1 amide bonds. The van der Waals surface area contributed by atoms with Crippen LogP contribution in [0.25, 0.3) is 10.9 Å². The monoisotopic (exact) mass is 418 g/mol. The van der Waals surface area contributed by atoms with Crippen LogP contribution in [0.1, 0.15) is 5.56 Å². The van der Waals surface area contributed by atoms with Gasteiger partial charge in [-0.1, -0.05) is 36.4 Å². The van der Waals surface area contributed by atoms with Crippen molar-refractivity contribution in [2.24, 2.45) is 4.99 Å². The van der Waals surface area contributed by atoms with Crippen LogP contribution in [0.3, 0.4) is 0 Å². The van der Waals surface area contributed by atoms with Crippen LogP contribution in [0.4, 0.5) is 5.69 Å². The average Bonchev–Trinajstić information content (AvgIpc) is 3.25. The standard InChI is InChI=1S/C24H30N6O/c1-25-24(26-12-11-19-17-27-22-10-6-5-9-21(19)22)28-18-23(31)30-15-13-29(14-16-30)20-7-3-2-4-8-20/h2-10,17,27H,11-16,18H2,1H3,(H2,25,26,28). The van der Waals surface area contributed by atoms with Crippen molar-refractivity contribution >= 4 is 28.5 Å². The molecular weight excluding hydrogens is 388 g/mol. The zero-order chi connectivity index (χ0) is 21.5. The van der Waals surface area contributed by atoms with E-state index in [0.717, 1.165) is 44.7 Å². The summed E-state index contributed by atoms with van der Waals surface area (Å²) in [6.07, 6.45) is 2.93. The van der Waals surface area contributed by atoms with Crippen molar-refractivity contribution in [2.45, 2.75) is 6.42 Å². The average molecular weight is 419 g/mol. The van der Waals surface area contributed by atoms with Crippen LogP contribution in [0.2, 0.25) is 0 Å². The fourth-order valence-electron chi connectivity index (χ4n) is 4.00. The third-order valence-electron chi connectivity index (χ3n) is 5.75. The van der Waals surface area contributed by atoms with E-state index in [4.69, 9.17) is 0 Å². The van der Waals surface area contributed by atoms with E-state index >= 15 is 0 Å². The number of aliphatic imine (C=N–C) groups is 1. The highest BCUT2D eigenvalue weighted by Crippen LogP contribution is 2.18. The Morgan fingerprint density at radius 2 is 1.74 bits per heavy atom.